The molecule has 0 unspecified atom stereocenters. The predicted octanol–water partition coefficient (Wildman–Crippen LogP) is 3.64. The average molecular weight is 318 g/mol. The van der Waals surface area contributed by atoms with E-state index in [2.05, 4.69) is 23.5 Å². The lowest BCUT2D eigenvalue weighted by atomic mass is 10.1. The van der Waals surface area contributed by atoms with Crippen LogP contribution >= 0.6 is 0 Å². The Morgan fingerprint density at radius 1 is 1.00 bits per heavy atom. The number of sulfonamides is 1. The first-order chi connectivity index (χ1) is 10.5. The lowest BCUT2D eigenvalue weighted by molar-refractivity contribution is 0.601. The summed E-state index contributed by atoms with van der Waals surface area (Å²) in [5.41, 5.74) is 2.53. The van der Waals surface area contributed by atoms with E-state index in [1.807, 2.05) is 25.1 Å². The van der Waals surface area contributed by atoms with Crippen LogP contribution in [0.4, 0.5) is 11.4 Å². The van der Waals surface area contributed by atoms with E-state index in [1.54, 1.807) is 30.3 Å². The van der Waals surface area contributed by atoms with Crippen LogP contribution in [0.5, 0.6) is 0 Å². The predicted molar refractivity (Wildman–Crippen MR) is 92.0 cm³/mol. The van der Waals surface area contributed by atoms with E-state index in [0.717, 1.165) is 24.3 Å². The van der Waals surface area contributed by atoms with Crippen molar-refractivity contribution in [3.63, 3.8) is 0 Å². The average Bonchev–Trinajstić information content (AvgIpc) is 2.52. The Labute approximate surface area is 132 Å². The van der Waals surface area contributed by atoms with Crippen molar-refractivity contribution in [1.82, 2.24) is 0 Å². The highest BCUT2D eigenvalue weighted by Gasteiger charge is 2.15. The lowest BCUT2D eigenvalue weighted by Crippen LogP contribution is -2.22. The van der Waals surface area contributed by atoms with E-state index in [9.17, 15) is 8.42 Å². The third-order valence-electron chi connectivity index (χ3n) is 3.65. The number of hydrogen-bond donors (Lipinski definition) is 1. The Hall–Kier alpha value is -2.01. The van der Waals surface area contributed by atoms with Gasteiger partial charge >= 0.3 is 0 Å². The van der Waals surface area contributed by atoms with Gasteiger partial charge in [-0.3, -0.25) is 4.72 Å². The summed E-state index contributed by atoms with van der Waals surface area (Å²) in [5, 5.41) is 0. The van der Waals surface area contributed by atoms with Crippen LogP contribution in [0.15, 0.2) is 53.4 Å². The van der Waals surface area contributed by atoms with Crippen molar-refractivity contribution in [2.75, 3.05) is 22.7 Å². The highest BCUT2D eigenvalue weighted by molar-refractivity contribution is 7.92. The fraction of sp³-hybridized carbons (Fsp3) is 0.294. The molecule has 22 heavy (non-hydrogen) atoms. The minimum absolute atomic E-state index is 0.266. The Morgan fingerprint density at radius 2 is 1.64 bits per heavy atom. The zero-order valence-corrected chi connectivity index (χ0v) is 14.0. The van der Waals surface area contributed by atoms with Gasteiger partial charge in [-0.1, -0.05) is 24.3 Å². The first-order valence-electron chi connectivity index (χ1n) is 7.41. The molecule has 0 spiro atoms. The first kappa shape index (κ1) is 16.4. The number of benzene rings is 2. The van der Waals surface area contributed by atoms with E-state index >= 15 is 0 Å². The molecule has 2 rings (SSSR count). The Morgan fingerprint density at radius 3 is 2.23 bits per heavy atom. The van der Waals surface area contributed by atoms with Crippen molar-refractivity contribution in [3.8, 4) is 0 Å². The van der Waals surface area contributed by atoms with Crippen molar-refractivity contribution in [1.29, 1.82) is 0 Å². The van der Waals surface area contributed by atoms with Crippen LogP contribution in [-0.2, 0) is 10.0 Å². The van der Waals surface area contributed by atoms with Crippen molar-refractivity contribution in [2.24, 2.45) is 0 Å². The monoisotopic (exact) mass is 318 g/mol. The second-order valence-corrected chi connectivity index (χ2v) is 6.77. The molecule has 0 atom stereocenters. The van der Waals surface area contributed by atoms with Gasteiger partial charge in [-0.2, -0.15) is 0 Å². The molecule has 118 valence electrons. The molecule has 2 aromatic carbocycles. The smallest absolute Gasteiger partial charge is 0.261 e. The summed E-state index contributed by atoms with van der Waals surface area (Å²) in [7, 11) is -3.56. The van der Waals surface area contributed by atoms with Crippen LogP contribution in [0.25, 0.3) is 0 Å². The summed E-state index contributed by atoms with van der Waals surface area (Å²) < 4.78 is 27.6. The highest BCUT2D eigenvalue weighted by atomic mass is 32.2. The molecule has 0 bridgehead atoms. The fourth-order valence-electron chi connectivity index (χ4n) is 2.31. The zero-order chi connectivity index (χ0) is 16.2. The van der Waals surface area contributed by atoms with E-state index in [0.29, 0.717) is 5.69 Å². The Balaban J connectivity index is 2.35. The minimum atomic E-state index is -3.56. The largest absolute Gasteiger partial charge is 0.372 e. The molecule has 0 aliphatic carbocycles. The lowest BCUT2D eigenvalue weighted by Gasteiger charge is -2.22. The number of hydrogen-bond acceptors (Lipinski definition) is 3. The quantitative estimate of drug-likeness (QED) is 0.884. The summed E-state index contributed by atoms with van der Waals surface area (Å²) in [6, 6.07) is 14.3. The number of nitrogens with one attached hydrogen (secondary N) is 1. The molecule has 5 heteroatoms. The second-order valence-electron chi connectivity index (χ2n) is 5.09. The Kier molecular flexibility index (Phi) is 5.08. The van der Waals surface area contributed by atoms with Gasteiger partial charge in [0.1, 0.15) is 0 Å². The third-order valence-corrected chi connectivity index (χ3v) is 5.03. The van der Waals surface area contributed by atoms with Gasteiger partial charge in [0.15, 0.2) is 0 Å². The van der Waals surface area contributed by atoms with E-state index in [4.69, 9.17) is 0 Å². The van der Waals surface area contributed by atoms with Crippen molar-refractivity contribution in [3.05, 3.63) is 54.1 Å². The maximum Gasteiger partial charge on any atom is 0.261 e. The van der Waals surface area contributed by atoms with Crippen LogP contribution in [0.1, 0.15) is 19.4 Å². The van der Waals surface area contributed by atoms with Gasteiger partial charge < -0.3 is 4.90 Å². The molecule has 0 aliphatic rings. The van der Waals surface area contributed by atoms with Crippen molar-refractivity contribution in [2.45, 2.75) is 25.7 Å². The van der Waals surface area contributed by atoms with Crippen LogP contribution in [0.3, 0.4) is 0 Å². The van der Waals surface area contributed by atoms with E-state index in [-0.39, 0.29) is 4.90 Å². The summed E-state index contributed by atoms with van der Waals surface area (Å²) in [6.45, 7) is 7.82. The first-order valence-corrected chi connectivity index (χ1v) is 8.89. The van der Waals surface area contributed by atoms with Crippen LogP contribution < -0.4 is 9.62 Å². The third kappa shape index (κ3) is 3.60. The zero-order valence-electron chi connectivity index (χ0n) is 13.2. The van der Waals surface area contributed by atoms with Gasteiger partial charge in [-0.05, 0) is 50.6 Å². The summed E-state index contributed by atoms with van der Waals surface area (Å²) in [6.07, 6.45) is 0. The molecule has 0 radical (unpaired) electrons. The Bertz CT molecular complexity index is 724. The fourth-order valence-corrected chi connectivity index (χ4v) is 3.45. The molecular weight excluding hydrogens is 296 g/mol. The summed E-state index contributed by atoms with van der Waals surface area (Å²) in [4.78, 5) is 2.45. The molecule has 2 aromatic rings. The number of rotatable bonds is 6. The van der Waals surface area contributed by atoms with Gasteiger partial charge in [0.25, 0.3) is 10.0 Å². The van der Waals surface area contributed by atoms with Crippen LogP contribution in [0, 0.1) is 6.92 Å². The van der Waals surface area contributed by atoms with Crippen molar-refractivity contribution >= 4 is 21.4 Å². The molecule has 0 saturated carbocycles. The molecule has 0 aliphatic heterocycles. The molecule has 0 heterocycles. The van der Waals surface area contributed by atoms with Gasteiger partial charge in [0.2, 0.25) is 0 Å². The minimum Gasteiger partial charge on any atom is -0.372 e. The number of aryl methyl sites for hydroxylation is 1. The molecule has 4 nitrogen and oxygen atoms in total. The van der Waals surface area contributed by atoms with Crippen molar-refractivity contribution < 1.29 is 8.42 Å². The highest BCUT2D eigenvalue weighted by Crippen LogP contribution is 2.25. The molecule has 0 aromatic heterocycles. The SMILES string of the molecule is CCN(CC)c1ccc(C)c(NS(=O)(=O)c2ccccc2)c1. The van der Waals surface area contributed by atoms with Crippen LogP contribution in [-0.4, -0.2) is 21.5 Å². The molecule has 0 saturated heterocycles. The van der Waals surface area contributed by atoms with Gasteiger partial charge in [0.05, 0.1) is 10.6 Å². The standard InChI is InChI=1S/C17H22N2O2S/c1-4-19(5-2)15-12-11-14(3)17(13-15)18-22(20,21)16-9-7-6-8-10-16/h6-13,18H,4-5H2,1-3H3. The normalized spacial score (nSPS) is 11.2. The van der Waals surface area contributed by atoms with Gasteiger partial charge in [-0.25, -0.2) is 8.42 Å². The number of nitrogens with zero attached hydrogens (tertiary/aromatic N) is 1. The van der Waals surface area contributed by atoms with E-state index < -0.39 is 10.0 Å². The second kappa shape index (κ2) is 6.83. The van der Waals surface area contributed by atoms with Gasteiger partial charge in [-0.15, -0.1) is 0 Å². The molecule has 1 N–H and O–H groups in total. The summed E-state index contributed by atoms with van der Waals surface area (Å²) in [5.74, 6) is 0. The molecular formula is C17H22N2O2S. The van der Waals surface area contributed by atoms with Gasteiger partial charge in [0, 0.05) is 18.8 Å². The molecule has 0 amide bonds. The summed E-state index contributed by atoms with van der Waals surface area (Å²) >= 11 is 0. The van der Waals surface area contributed by atoms with E-state index in [1.165, 1.54) is 0 Å². The maximum absolute atomic E-state index is 12.4. The number of anilines is 2. The van der Waals surface area contributed by atoms with Crippen LogP contribution in [0.2, 0.25) is 0 Å². The molecule has 0 fully saturated rings. The maximum atomic E-state index is 12.4. The topological polar surface area (TPSA) is 49.4 Å².